The largest absolute Gasteiger partial charge is 0.398 e. The minimum Gasteiger partial charge on any atom is -0.398 e. The van der Waals surface area contributed by atoms with Gasteiger partial charge in [-0.3, -0.25) is 9.59 Å². The summed E-state index contributed by atoms with van der Waals surface area (Å²) in [4.78, 5) is 25.8. The van der Waals surface area contributed by atoms with Gasteiger partial charge in [-0.2, -0.15) is 0 Å². The molecule has 3 N–H and O–H groups in total. The van der Waals surface area contributed by atoms with Crippen molar-refractivity contribution in [3.63, 3.8) is 0 Å². The van der Waals surface area contributed by atoms with Crippen molar-refractivity contribution in [2.24, 2.45) is 0 Å². The molecule has 0 spiro atoms. The summed E-state index contributed by atoms with van der Waals surface area (Å²) >= 11 is 0. The van der Waals surface area contributed by atoms with Gasteiger partial charge < -0.3 is 16.0 Å². The van der Waals surface area contributed by atoms with E-state index in [9.17, 15) is 14.0 Å². The fourth-order valence-electron chi connectivity index (χ4n) is 1.98. The van der Waals surface area contributed by atoms with Gasteiger partial charge in [0.1, 0.15) is 11.9 Å². The quantitative estimate of drug-likeness (QED) is 0.812. The van der Waals surface area contributed by atoms with Gasteiger partial charge in [0.2, 0.25) is 5.91 Å². The molecule has 0 aliphatic heterocycles. The molecule has 6 heteroatoms. The Kier molecular flexibility index (Phi) is 5.69. The second kappa shape index (κ2) is 7.06. The summed E-state index contributed by atoms with van der Waals surface area (Å²) in [7, 11) is 0. The molecule has 0 aliphatic carbocycles. The summed E-state index contributed by atoms with van der Waals surface area (Å²) in [5.41, 5.74) is 6.27. The van der Waals surface area contributed by atoms with E-state index in [0.29, 0.717) is 18.7 Å². The van der Waals surface area contributed by atoms with E-state index in [1.807, 2.05) is 13.8 Å². The summed E-state index contributed by atoms with van der Waals surface area (Å²) in [5.74, 6) is -1.23. The summed E-state index contributed by atoms with van der Waals surface area (Å²) in [6.07, 6.45) is 0. The molecular weight excluding hydrogens is 273 g/mol. The van der Waals surface area contributed by atoms with Crippen molar-refractivity contribution in [1.82, 2.24) is 10.2 Å². The maximum absolute atomic E-state index is 13.6. The van der Waals surface area contributed by atoms with E-state index in [0.717, 1.165) is 6.07 Å². The normalized spacial score (nSPS) is 11.9. The third-order valence-electron chi connectivity index (χ3n) is 3.44. The molecule has 1 atom stereocenters. The Morgan fingerprint density at radius 3 is 2.38 bits per heavy atom. The second-order valence-electron chi connectivity index (χ2n) is 4.88. The number of amides is 2. The van der Waals surface area contributed by atoms with Crippen LogP contribution in [0.1, 0.15) is 36.7 Å². The van der Waals surface area contributed by atoms with Gasteiger partial charge in [-0.1, -0.05) is 0 Å². The van der Waals surface area contributed by atoms with E-state index in [4.69, 9.17) is 5.73 Å². The number of carbonyl (C=O) groups is 2. The number of nitrogens with zero attached hydrogens (tertiary/aromatic N) is 1. The van der Waals surface area contributed by atoms with Crippen LogP contribution in [0.5, 0.6) is 0 Å². The number of benzene rings is 1. The Hall–Kier alpha value is -2.11. The first kappa shape index (κ1) is 16.9. The SMILES string of the molecule is CCN(CC)C(=O)C(C)NC(=O)c1cc(N)c(C)c(F)c1. The van der Waals surface area contributed by atoms with Crippen molar-refractivity contribution in [1.29, 1.82) is 0 Å². The van der Waals surface area contributed by atoms with Crippen molar-refractivity contribution in [3.8, 4) is 0 Å². The van der Waals surface area contributed by atoms with Gasteiger partial charge in [0.15, 0.2) is 0 Å². The molecule has 0 radical (unpaired) electrons. The molecule has 1 aromatic carbocycles. The second-order valence-corrected chi connectivity index (χ2v) is 4.88. The van der Waals surface area contributed by atoms with Crippen molar-refractivity contribution in [2.45, 2.75) is 33.7 Å². The smallest absolute Gasteiger partial charge is 0.252 e. The molecule has 0 saturated heterocycles. The zero-order chi connectivity index (χ0) is 16.2. The molecule has 0 fully saturated rings. The van der Waals surface area contributed by atoms with Crippen molar-refractivity contribution < 1.29 is 14.0 Å². The van der Waals surface area contributed by atoms with Crippen LogP contribution in [0.2, 0.25) is 0 Å². The number of hydrogen-bond donors (Lipinski definition) is 2. The minimum atomic E-state index is -0.678. The summed E-state index contributed by atoms with van der Waals surface area (Å²) in [5, 5.41) is 2.57. The Balaban J connectivity index is 2.84. The first-order valence-corrected chi connectivity index (χ1v) is 6.97. The van der Waals surface area contributed by atoms with Gasteiger partial charge >= 0.3 is 0 Å². The highest BCUT2D eigenvalue weighted by molar-refractivity contribution is 5.98. The average molecular weight is 295 g/mol. The predicted molar refractivity (Wildman–Crippen MR) is 80.4 cm³/mol. The number of hydrogen-bond acceptors (Lipinski definition) is 3. The highest BCUT2D eigenvalue weighted by atomic mass is 19.1. The highest BCUT2D eigenvalue weighted by Crippen LogP contribution is 2.17. The van der Waals surface area contributed by atoms with E-state index in [1.165, 1.54) is 6.07 Å². The molecule has 1 aromatic rings. The molecule has 116 valence electrons. The zero-order valence-corrected chi connectivity index (χ0v) is 12.9. The fourth-order valence-corrected chi connectivity index (χ4v) is 1.98. The van der Waals surface area contributed by atoms with E-state index >= 15 is 0 Å². The Morgan fingerprint density at radius 2 is 1.90 bits per heavy atom. The number of nitrogen functional groups attached to an aromatic ring is 1. The average Bonchev–Trinajstić information content (AvgIpc) is 2.45. The highest BCUT2D eigenvalue weighted by Gasteiger charge is 2.21. The van der Waals surface area contributed by atoms with Crippen LogP contribution in [0.4, 0.5) is 10.1 Å². The minimum absolute atomic E-state index is 0.106. The van der Waals surface area contributed by atoms with Crippen LogP contribution in [-0.2, 0) is 4.79 Å². The topological polar surface area (TPSA) is 75.4 Å². The van der Waals surface area contributed by atoms with E-state index in [-0.39, 0.29) is 17.2 Å². The van der Waals surface area contributed by atoms with Crippen LogP contribution in [0.15, 0.2) is 12.1 Å². The molecule has 0 bridgehead atoms. The number of nitrogens with one attached hydrogen (secondary N) is 1. The maximum atomic E-state index is 13.6. The van der Waals surface area contributed by atoms with E-state index < -0.39 is 17.8 Å². The number of carbonyl (C=O) groups excluding carboxylic acids is 2. The molecule has 0 saturated carbocycles. The van der Waals surface area contributed by atoms with Crippen molar-refractivity contribution in [3.05, 3.63) is 29.1 Å². The lowest BCUT2D eigenvalue weighted by molar-refractivity contribution is -0.132. The Labute approximate surface area is 124 Å². The number of likely N-dealkylation sites (N-methyl/N-ethyl adjacent to an activating group) is 1. The zero-order valence-electron chi connectivity index (χ0n) is 12.9. The lowest BCUT2D eigenvalue weighted by Crippen LogP contribution is -2.46. The molecule has 1 unspecified atom stereocenters. The van der Waals surface area contributed by atoms with Gasteiger partial charge in [-0.25, -0.2) is 4.39 Å². The van der Waals surface area contributed by atoms with Crippen LogP contribution in [0.3, 0.4) is 0 Å². The van der Waals surface area contributed by atoms with Gasteiger partial charge in [0.25, 0.3) is 5.91 Å². The predicted octanol–water partition coefficient (Wildman–Crippen LogP) is 1.70. The van der Waals surface area contributed by atoms with E-state index in [1.54, 1.807) is 18.7 Å². The molecule has 21 heavy (non-hydrogen) atoms. The van der Waals surface area contributed by atoms with Gasteiger partial charge in [-0.05, 0) is 39.8 Å². The monoisotopic (exact) mass is 295 g/mol. The molecular formula is C15H22FN3O2. The third kappa shape index (κ3) is 3.93. The molecule has 0 aliphatic rings. The number of halogens is 1. The number of nitrogens with two attached hydrogens (primary N) is 1. The van der Waals surface area contributed by atoms with Crippen LogP contribution >= 0.6 is 0 Å². The third-order valence-corrected chi connectivity index (χ3v) is 3.44. The van der Waals surface area contributed by atoms with Crippen molar-refractivity contribution >= 4 is 17.5 Å². The van der Waals surface area contributed by atoms with Crippen molar-refractivity contribution in [2.75, 3.05) is 18.8 Å². The Morgan fingerprint density at radius 1 is 1.33 bits per heavy atom. The fraction of sp³-hybridized carbons (Fsp3) is 0.467. The van der Waals surface area contributed by atoms with Crippen LogP contribution in [0.25, 0.3) is 0 Å². The van der Waals surface area contributed by atoms with Gasteiger partial charge in [0.05, 0.1) is 0 Å². The standard InChI is InChI=1S/C15H22FN3O2/c1-5-19(6-2)15(21)10(4)18-14(20)11-7-12(16)9(3)13(17)8-11/h7-8,10H,5-6,17H2,1-4H3,(H,18,20). The molecule has 2 amide bonds. The first-order valence-electron chi connectivity index (χ1n) is 6.97. The summed E-state index contributed by atoms with van der Waals surface area (Å²) in [6.45, 7) is 8.02. The summed E-state index contributed by atoms with van der Waals surface area (Å²) in [6, 6.07) is 1.85. The molecule has 0 heterocycles. The number of anilines is 1. The first-order chi connectivity index (χ1) is 9.81. The number of rotatable bonds is 5. The van der Waals surface area contributed by atoms with Crippen LogP contribution in [0, 0.1) is 12.7 Å². The van der Waals surface area contributed by atoms with Crippen LogP contribution in [-0.4, -0.2) is 35.8 Å². The maximum Gasteiger partial charge on any atom is 0.252 e. The van der Waals surface area contributed by atoms with Gasteiger partial charge in [-0.15, -0.1) is 0 Å². The molecule has 0 aromatic heterocycles. The van der Waals surface area contributed by atoms with Crippen LogP contribution < -0.4 is 11.1 Å². The molecule has 1 rings (SSSR count). The van der Waals surface area contributed by atoms with Gasteiger partial charge in [0, 0.05) is 29.9 Å². The summed E-state index contributed by atoms with van der Waals surface area (Å²) < 4.78 is 13.6. The lowest BCUT2D eigenvalue weighted by Gasteiger charge is -2.23. The lowest BCUT2D eigenvalue weighted by atomic mass is 10.1. The molecule has 5 nitrogen and oxygen atoms in total. The van der Waals surface area contributed by atoms with E-state index in [2.05, 4.69) is 5.32 Å². The Bertz CT molecular complexity index is 519.